The van der Waals surface area contributed by atoms with Crippen LogP contribution in [0.1, 0.15) is 13.3 Å². The fourth-order valence-electron chi connectivity index (χ4n) is 0.769. The maximum atomic E-state index is 9.59. The topological polar surface area (TPSA) is 35.5 Å². The van der Waals surface area contributed by atoms with E-state index in [4.69, 9.17) is 4.74 Å². The van der Waals surface area contributed by atoms with Gasteiger partial charge < -0.3 is 9.47 Å². The van der Waals surface area contributed by atoms with Crippen LogP contribution in [0.2, 0.25) is 0 Å². The monoisotopic (exact) mass is 196 g/mol. The average molecular weight is 196 g/mol. The summed E-state index contributed by atoms with van der Waals surface area (Å²) in [7, 11) is 3.02. The molecule has 0 unspecified atom stereocenters. The number of carbonyl (C=O) groups is 1. The van der Waals surface area contributed by atoms with E-state index in [1.807, 2.05) is 18.2 Å². The van der Waals surface area contributed by atoms with Crippen molar-refractivity contribution in [3.63, 3.8) is 0 Å². The lowest BCUT2D eigenvalue weighted by Gasteiger charge is -1.99. The first-order chi connectivity index (χ1) is 6.70. The second-order valence-electron chi connectivity index (χ2n) is 2.62. The predicted octanol–water partition coefficient (Wildman–Crippen LogP) is 2.21. The molecule has 78 valence electrons. The molecule has 0 heterocycles. The average Bonchev–Trinajstić information content (AvgIpc) is 2.21. The molecule has 1 aliphatic carbocycles. The molecule has 0 aliphatic heterocycles. The summed E-state index contributed by atoms with van der Waals surface area (Å²) in [5.74, 6) is -0.245. The third-order valence-corrected chi connectivity index (χ3v) is 1.47. The summed E-state index contributed by atoms with van der Waals surface area (Å²) in [4.78, 5) is 9.59. The summed E-state index contributed by atoms with van der Waals surface area (Å²) in [6, 6.07) is 0. The highest BCUT2D eigenvalue weighted by molar-refractivity contribution is 5.65. The number of esters is 1. The van der Waals surface area contributed by atoms with Gasteiger partial charge in [-0.05, 0) is 12.0 Å². The van der Waals surface area contributed by atoms with Crippen LogP contribution < -0.4 is 0 Å². The smallest absolute Gasteiger partial charge is 0.302 e. The molecule has 0 fully saturated rings. The van der Waals surface area contributed by atoms with Gasteiger partial charge in [-0.1, -0.05) is 24.3 Å². The highest BCUT2D eigenvalue weighted by Gasteiger charge is 1.90. The molecule has 0 spiro atoms. The lowest BCUT2D eigenvalue weighted by Crippen LogP contribution is -1.88. The Morgan fingerprint density at radius 2 is 2.07 bits per heavy atom. The molecule has 3 heteroatoms. The van der Waals surface area contributed by atoms with Gasteiger partial charge in [0.2, 0.25) is 0 Å². The first kappa shape index (κ1) is 12.5. The summed E-state index contributed by atoms with van der Waals surface area (Å²) in [5.41, 5.74) is 1.22. The highest BCUT2D eigenvalue weighted by Crippen LogP contribution is 2.08. The van der Waals surface area contributed by atoms with Crippen LogP contribution in [0.3, 0.4) is 0 Å². The van der Waals surface area contributed by atoms with Gasteiger partial charge >= 0.3 is 5.97 Å². The Hall–Kier alpha value is -1.51. The Kier molecular flexibility index (Phi) is 7.23. The maximum Gasteiger partial charge on any atom is 0.302 e. The van der Waals surface area contributed by atoms with Gasteiger partial charge in [-0.25, -0.2) is 0 Å². The second-order valence-corrected chi connectivity index (χ2v) is 2.62. The zero-order valence-corrected chi connectivity index (χ0v) is 8.82. The Bertz CT molecular complexity index is 249. The van der Waals surface area contributed by atoms with Gasteiger partial charge in [-0.15, -0.1) is 0 Å². The van der Waals surface area contributed by atoms with Gasteiger partial charge in [0.1, 0.15) is 0 Å². The van der Waals surface area contributed by atoms with E-state index in [0.29, 0.717) is 0 Å². The van der Waals surface area contributed by atoms with Gasteiger partial charge in [0.05, 0.1) is 20.5 Å². The number of hydrogen-bond donors (Lipinski definition) is 0. The fourth-order valence-corrected chi connectivity index (χ4v) is 0.769. The number of methoxy groups -OCH3 is 2. The zero-order valence-electron chi connectivity index (χ0n) is 8.82. The van der Waals surface area contributed by atoms with E-state index in [1.165, 1.54) is 19.6 Å². The van der Waals surface area contributed by atoms with Crippen molar-refractivity contribution in [2.45, 2.75) is 13.3 Å². The Labute approximate surface area is 84.7 Å². The van der Waals surface area contributed by atoms with Gasteiger partial charge in [-0.2, -0.15) is 0 Å². The van der Waals surface area contributed by atoms with Gasteiger partial charge in [-0.3, -0.25) is 4.79 Å². The molecule has 0 aromatic heterocycles. The van der Waals surface area contributed by atoms with Crippen LogP contribution in [0.5, 0.6) is 0 Å². The van der Waals surface area contributed by atoms with E-state index in [9.17, 15) is 4.79 Å². The van der Waals surface area contributed by atoms with E-state index in [1.54, 1.807) is 13.4 Å². The summed E-state index contributed by atoms with van der Waals surface area (Å²) < 4.78 is 8.95. The molecule has 0 aromatic carbocycles. The molecule has 1 aliphatic rings. The molecule has 0 N–H and O–H groups in total. The van der Waals surface area contributed by atoms with Crippen LogP contribution in [0, 0.1) is 0 Å². The third-order valence-electron chi connectivity index (χ3n) is 1.47. The lowest BCUT2D eigenvalue weighted by atomic mass is 10.1. The molecule has 0 saturated heterocycles. The van der Waals surface area contributed by atoms with Crippen LogP contribution in [-0.4, -0.2) is 20.2 Å². The van der Waals surface area contributed by atoms with Crippen molar-refractivity contribution < 1.29 is 14.3 Å². The normalized spacial score (nSPS) is 15.8. The predicted molar refractivity (Wildman–Crippen MR) is 55.7 cm³/mol. The van der Waals surface area contributed by atoms with E-state index < -0.39 is 0 Å². The molecule has 0 amide bonds. The lowest BCUT2D eigenvalue weighted by molar-refractivity contribution is -0.137. The van der Waals surface area contributed by atoms with Gasteiger partial charge in [0.25, 0.3) is 0 Å². The Balaban J connectivity index is 0.000000292. The minimum Gasteiger partial charge on any atom is -0.504 e. The van der Waals surface area contributed by atoms with Crippen molar-refractivity contribution in [2.24, 2.45) is 0 Å². The van der Waals surface area contributed by atoms with Crippen LogP contribution in [0.4, 0.5) is 0 Å². The number of carbonyl (C=O) groups excluding carboxylic acids is 1. The Morgan fingerprint density at radius 3 is 2.43 bits per heavy atom. The number of hydrogen-bond acceptors (Lipinski definition) is 3. The molecular weight excluding hydrogens is 180 g/mol. The third kappa shape index (κ3) is 7.16. The summed E-state index contributed by atoms with van der Waals surface area (Å²) >= 11 is 0. The van der Waals surface area contributed by atoms with Crippen molar-refractivity contribution in [2.75, 3.05) is 14.2 Å². The van der Waals surface area contributed by atoms with Crippen LogP contribution in [-0.2, 0) is 14.3 Å². The molecular formula is C11H16O3. The molecule has 0 saturated carbocycles. The number of rotatable bonds is 1. The molecule has 3 nitrogen and oxygen atoms in total. The molecule has 0 radical (unpaired) electrons. The van der Waals surface area contributed by atoms with Crippen molar-refractivity contribution in [1.29, 1.82) is 0 Å². The van der Waals surface area contributed by atoms with Crippen LogP contribution in [0.15, 0.2) is 36.1 Å². The maximum absolute atomic E-state index is 9.59. The summed E-state index contributed by atoms with van der Waals surface area (Å²) in [6.07, 6.45) is 10.9. The standard InChI is InChI=1S/C8H10O.C3H6O2/c1-9-7-8-5-3-2-4-6-8;1-3(4)5-2/h2-5,7H,6H2,1H3;1-2H3. The molecule has 0 atom stereocenters. The van der Waals surface area contributed by atoms with E-state index in [2.05, 4.69) is 10.8 Å². The molecule has 1 rings (SSSR count). The largest absolute Gasteiger partial charge is 0.504 e. The summed E-state index contributed by atoms with van der Waals surface area (Å²) in [5, 5.41) is 0. The van der Waals surface area contributed by atoms with E-state index >= 15 is 0 Å². The van der Waals surface area contributed by atoms with Gasteiger partial charge in [0, 0.05) is 6.92 Å². The van der Waals surface area contributed by atoms with Crippen molar-refractivity contribution >= 4 is 5.97 Å². The molecule has 14 heavy (non-hydrogen) atoms. The van der Waals surface area contributed by atoms with Crippen molar-refractivity contribution in [3.05, 3.63) is 36.1 Å². The second kappa shape index (κ2) is 8.10. The molecule has 0 bridgehead atoms. The van der Waals surface area contributed by atoms with Crippen LogP contribution >= 0.6 is 0 Å². The Morgan fingerprint density at radius 1 is 1.43 bits per heavy atom. The van der Waals surface area contributed by atoms with Gasteiger partial charge in [0.15, 0.2) is 0 Å². The summed E-state index contributed by atoms with van der Waals surface area (Å²) in [6.45, 7) is 1.36. The minimum atomic E-state index is -0.245. The first-order valence-corrected chi connectivity index (χ1v) is 4.30. The molecule has 0 aromatic rings. The number of allylic oxidation sites excluding steroid dienone is 5. The fraction of sp³-hybridized carbons (Fsp3) is 0.364. The SMILES string of the molecule is COC(C)=O.COC=C1C=CC=CC1. The minimum absolute atomic E-state index is 0.245. The van der Waals surface area contributed by atoms with Crippen LogP contribution in [0.25, 0.3) is 0 Å². The number of ether oxygens (including phenoxy) is 2. The first-order valence-electron chi connectivity index (χ1n) is 4.30. The van der Waals surface area contributed by atoms with E-state index in [0.717, 1.165) is 6.42 Å². The van der Waals surface area contributed by atoms with E-state index in [-0.39, 0.29) is 5.97 Å². The zero-order chi connectivity index (χ0) is 10.8. The van der Waals surface area contributed by atoms with Crippen molar-refractivity contribution in [1.82, 2.24) is 0 Å². The quantitative estimate of drug-likeness (QED) is 0.476. The van der Waals surface area contributed by atoms with Crippen molar-refractivity contribution in [3.8, 4) is 0 Å². The highest BCUT2D eigenvalue weighted by atomic mass is 16.5.